The van der Waals surface area contributed by atoms with Crippen LogP contribution in [0, 0.1) is 28.7 Å². The number of benzene rings is 2. The molecule has 1 aliphatic heterocycles. The number of aliphatic hydroxyl groups is 1. The molecule has 1 fully saturated rings. The minimum Gasteiger partial charge on any atom is -0.497 e. The van der Waals surface area contributed by atoms with Crippen LogP contribution < -0.4 is 4.74 Å². The molecule has 1 saturated heterocycles. The zero-order chi connectivity index (χ0) is 28.2. The predicted octanol–water partition coefficient (Wildman–Crippen LogP) is 5.96. The number of aliphatic carboxylic acids is 1. The second-order valence-corrected chi connectivity index (χ2v) is 11.1. The zero-order valence-corrected chi connectivity index (χ0v) is 22.2. The van der Waals surface area contributed by atoms with Crippen molar-refractivity contribution < 1.29 is 37.3 Å². The third-order valence-corrected chi connectivity index (χ3v) is 8.38. The van der Waals surface area contributed by atoms with Gasteiger partial charge in [-0.2, -0.15) is 0 Å². The number of piperidine rings is 1. The van der Waals surface area contributed by atoms with E-state index in [1.807, 2.05) is 0 Å². The summed E-state index contributed by atoms with van der Waals surface area (Å²) < 4.78 is 60.1. The summed E-state index contributed by atoms with van der Waals surface area (Å²) in [5.74, 6) is -4.49. The molecule has 0 saturated carbocycles. The van der Waals surface area contributed by atoms with Crippen LogP contribution in [0.3, 0.4) is 0 Å². The summed E-state index contributed by atoms with van der Waals surface area (Å²) in [6.07, 6.45) is 1.57. The lowest BCUT2D eigenvalue weighted by atomic mass is 9.71. The average Bonchev–Trinajstić information content (AvgIpc) is 2.90. The summed E-state index contributed by atoms with van der Waals surface area (Å²) >= 11 is 1.21. The van der Waals surface area contributed by atoms with E-state index in [0.717, 1.165) is 18.3 Å². The number of carboxylic acids is 1. The molecule has 3 aromatic rings. The van der Waals surface area contributed by atoms with Crippen molar-refractivity contribution in [3.63, 3.8) is 0 Å². The van der Waals surface area contributed by atoms with E-state index in [2.05, 4.69) is 9.88 Å². The quantitative estimate of drug-likeness (QED) is 0.168. The number of likely N-dealkylation sites (tertiary alicyclic amines) is 1. The maximum Gasteiger partial charge on any atom is 0.303 e. The topological polar surface area (TPSA) is 82.9 Å². The fourth-order valence-corrected chi connectivity index (χ4v) is 6.17. The minimum absolute atomic E-state index is 0.0656. The summed E-state index contributed by atoms with van der Waals surface area (Å²) in [5.41, 5.74) is 0.0766. The molecule has 2 N–H and O–H groups in total. The van der Waals surface area contributed by atoms with Crippen LogP contribution in [0.25, 0.3) is 10.9 Å². The second kappa shape index (κ2) is 12.5. The number of carbonyl (C=O) groups is 1. The molecule has 1 atom stereocenters. The first-order valence-corrected chi connectivity index (χ1v) is 13.6. The molecule has 6 nitrogen and oxygen atoms in total. The third kappa shape index (κ3) is 7.01. The van der Waals surface area contributed by atoms with Crippen molar-refractivity contribution in [3.8, 4) is 5.75 Å². The van der Waals surface area contributed by atoms with Crippen LogP contribution in [-0.4, -0.2) is 58.6 Å². The van der Waals surface area contributed by atoms with Gasteiger partial charge in [0.2, 0.25) is 0 Å². The lowest BCUT2D eigenvalue weighted by molar-refractivity contribution is -0.141. The lowest BCUT2D eigenvalue weighted by Crippen LogP contribution is -2.42. The van der Waals surface area contributed by atoms with E-state index in [1.165, 1.54) is 18.9 Å². The Morgan fingerprint density at radius 2 is 1.82 bits per heavy atom. The maximum absolute atomic E-state index is 14.8. The number of halogens is 4. The summed E-state index contributed by atoms with van der Waals surface area (Å²) in [4.78, 5) is 18.3. The maximum atomic E-state index is 14.8. The molecular formula is C28H30F4N2O4S. The van der Waals surface area contributed by atoms with Gasteiger partial charge in [0.25, 0.3) is 0 Å². The summed E-state index contributed by atoms with van der Waals surface area (Å²) in [6, 6.07) is 6.95. The number of nitrogens with zero attached hydrogens (tertiary/aromatic N) is 2. The average molecular weight is 567 g/mol. The molecule has 39 heavy (non-hydrogen) atoms. The molecule has 0 amide bonds. The normalized spacial score (nSPS) is 16.4. The van der Waals surface area contributed by atoms with Crippen molar-refractivity contribution in [1.82, 2.24) is 9.88 Å². The number of rotatable bonds is 11. The van der Waals surface area contributed by atoms with E-state index in [-0.39, 0.29) is 18.4 Å². The first-order chi connectivity index (χ1) is 18.6. The Kier molecular flexibility index (Phi) is 9.35. The molecule has 1 aromatic heterocycles. The first kappa shape index (κ1) is 29.1. The molecule has 0 bridgehead atoms. The van der Waals surface area contributed by atoms with Crippen molar-refractivity contribution in [2.24, 2.45) is 5.41 Å². The van der Waals surface area contributed by atoms with Crippen molar-refractivity contribution in [1.29, 1.82) is 0 Å². The summed E-state index contributed by atoms with van der Waals surface area (Å²) in [6.45, 7) is 1.83. The molecule has 2 heterocycles. The molecule has 4 rings (SSSR count). The molecule has 0 spiro atoms. The van der Waals surface area contributed by atoms with Crippen LogP contribution in [0.4, 0.5) is 17.6 Å². The van der Waals surface area contributed by atoms with Gasteiger partial charge in [-0.05, 0) is 74.5 Å². The van der Waals surface area contributed by atoms with Crippen molar-refractivity contribution >= 4 is 28.6 Å². The minimum atomic E-state index is -1.49. The molecule has 2 aromatic carbocycles. The van der Waals surface area contributed by atoms with Gasteiger partial charge in [0.15, 0.2) is 17.5 Å². The number of methoxy groups -OCH3 is 1. The summed E-state index contributed by atoms with van der Waals surface area (Å²) in [5, 5.41) is 21.1. The van der Waals surface area contributed by atoms with Crippen LogP contribution in [0.15, 0.2) is 41.4 Å². The van der Waals surface area contributed by atoms with Crippen molar-refractivity contribution in [2.75, 3.05) is 32.5 Å². The zero-order valence-electron chi connectivity index (χ0n) is 21.4. The number of fused-ring (bicyclic) bond motifs is 1. The standard InChI is InChI=1S/C28H30F4N2O4S/c1-38-17-2-3-23-19(12-17)26(22(31)16-33-23)24(35)4-5-28(15-25(36)37)6-8-34(9-7-28)10-11-39-18-13-20(29)27(32)21(30)14-18/h2-3,12-14,16,24,35H,4-11,15H2,1H3,(H,36,37)/t24-/m1/s1. The van der Waals surface area contributed by atoms with Crippen LogP contribution >= 0.6 is 11.8 Å². The van der Waals surface area contributed by atoms with Crippen LogP contribution in [-0.2, 0) is 4.79 Å². The molecule has 0 aliphatic carbocycles. The van der Waals surface area contributed by atoms with Gasteiger partial charge in [0, 0.05) is 28.1 Å². The molecule has 1 aliphatic rings. The second-order valence-electron chi connectivity index (χ2n) is 9.92. The van der Waals surface area contributed by atoms with Gasteiger partial charge in [0.05, 0.1) is 31.3 Å². The number of thioether (sulfide) groups is 1. The Morgan fingerprint density at radius 3 is 2.46 bits per heavy atom. The molecule has 210 valence electrons. The van der Waals surface area contributed by atoms with E-state index in [9.17, 15) is 32.6 Å². The van der Waals surface area contributed by atoms with E-state index >= 15 is 0 Å². The largest absolute Gasteiger partial charge is 0.497 e. The Labute approximate surface area is 228 Å². The SMILES string of the molecule is COc1ccc2ncc(F)c([C@H](O)CCC3(CC(=O)O)CCN(CCSc4cc(F)c(F)c(F)c4)CC3)c2c1. The number of aliphatic hydroxyl groups excluding tert-OH is 1. The number of aromatic nitrogens is 1. The highest BCUT2D eigenvalue weighted by Gasteiger charge is 2.37. The Hall–Kier alpha value is -2.89. The van der Waals surface area contributed by atoms with E-state index in [4.69, 9.17) is 4.74 Å². The van der Waals surface area contributed by atoms with Gasteiger partial charge < -0.3 is 19.8 Å². The van der Waals surface area contributed by atoms with Crippen LogP contribution in [0.1, 0.15) is 43.8 Å². The van der Waals surface area contributed by atoms with Crippen LogP contribution in [0.2, 0.25) is 0 Å². The van der Waals surface area contributed by atoms with E-state index < -0.39 is 40.8 Å². The molecule has 0 radical (unpaired) electrons. The number of hydrogen-bond acceptors (Lipinski definition) is 6. The number of ether oxygens (including phenoxy) is 1. The van der Waals surface area contributed by atoms with Gasteiger partial charge in [0.1, 0.15) is 11.6 Å². The highest BCUT2D eigenvalue weighted by atomic mass is 32.2. The fraction of sp³-hybridized carbons (Fsp3) is 0.429. The van der Waals surface area contributed by atoms with Gasteiger partial charge in [-0.25, -0.2) is 17.6 Å². The molecule has 11 heteroatoms. The van der Waals surface area contributed by atoms with Crippen LogP contribution in [0.5, 0.6) is 5.75 Å². The third-order valence-electron chi connectivity index (χ3n) is 7.43. The van der Waals surface area contributed by atoms with E-state index in [0.29, 0.717) is 66.2 Å². The van der Waals surface area contributed by atoms with Gasteiger partial charge in [-0.1, -0.05) is 0 Å². The van der Waals surface area contributed by atoms with E-state index in [1.54, 1.807) is 18.2 Å². The smallest absolute Gasteiger partial charge is 0.303 e. The monoisotopic (exact) mass is 566 g/mol. The number of pyridine rings is 1. The Bertz CT molecular complexity index is 1310. The van der Waals surface area contributed by atoms with Crippen molar-refractivity contribution in [2.45, 2.75) is 43.1 Å². The lowest BCUT2D eigenvalue weighted by Gasteiger charge is -2.41. The Morgan fingerprint density at radius 1 is 1.13 bits per heavy atom. The van der Waals surface area contributed by atoms with Gasteiger partial charge in [-0.3, -0.25) is 9.78 Å². The Balaban J connectivity index is 1.38. The highest BCUT2D eigenvalue weighted by Crippen LogP contribution is 2.42. The predicted molar refractivity (Wildman–Crippen MR) is 140 cm³/mol. The highest BCUT2D eigenvalue weighted by molar-refractivity contribution is 7.99. The number of hydrogen-bond donors (Lipinski definition) is 2. The van der Waals surface area contributed by atoms with Crippen molar-refractivity contribution in [3.05, 3.63) is 65.4 Å². The first-order valence-electron chi connectivity index (χ1n) is 12.6. The summed E-state index contributed by atoms with van der Waals surface area (Å²) in [7, 11) is 1.49. The fourth-order valence-electron chi connectivity index (χ4n) is 5.22. The number of carboxylic acid groups (broad SMARTS) is 1. The molecule has 0 unspecified atom stereocenters. The molecular weight excluding hydrogens is 536 g/mol. The van der Waals surface area contributed by atoms with Gasteiger partial charge in [-0.15, -0.1) is 11.8 Å². The van der Waals surface area contributed by atoms with Gasteiger partial charge >= 0.3 is 5.97 Å².